The van der Waals surface area contributed by atoms with E-state index in [1.807, 2.05) is 24.3 Å². The van der Waals surface area contributed by atoms with Crippen LogP contribution in [0.15, 0.2) is 24.3 Å². The number of anilines is 2. The molecule has 6 nitrogen and oxygen atoms in total. The van der Waals surface area contributed by atoms with E-state index in [1.165, 1.54) is 0 Å². The van der Waals surface area contributed by atoms with Crippen molar-refractivity contribution >= 4 is 22.7 Å². The quantitative estimate of drug-likeness (QED) is 0.930. The van der Waals surface area contributed by atoms with Crippen molar-refractivity contribution in [1.82, 2.24) is 9.97 Å². The fraction of sp³-hybridized carbons (Fsp3) is 0.556. The Bertz CT molecular complexity index is 702. The number of aromatic nitrogens is 2. The number of ether oxygens (including phenoxy) is 2. The van der Waals surface area contributed by atoms with Crippen LogP contribution in [-0.2, 0) is 9.47 Å². The summed E-state index contributed by atoms with van der Waals surface area (Å²) in [6.07, 6.45) is 3.58. The molecule has 2 fully saturated rings. The van der Waals surface area contributed by atoms with Crippen LogP contribution in [0.25, 0.3) is 11.0 Å². The molecular formula is C18H24N4O2. The zero-order chi connectivity index (χ0) is 16.4. The van der Waals surface area contributed by atoms with E-state index < -0.39 is 0 Å². The van der Waals surface area contributed by atoms with Gasteiger partial charge in [0.15, 0.2) is 11.6 Å². The van der Waals surface area contributed by atoms with Gasteiger partial charge in [-0.2, -0.15) is 0 Å². The predicted molar refractivity (Wildman–Crippen MR) is 94.6 cm³/mol. The fourth-order valence-corrected chi connectivity index (χ4v) is 3.56. The third-order valence-electron chi connectivity index (χ3n) is 4.92. The molecule has 1 aliphatic heterocycles. The summed E-state index contributed by atoms with van der Waals surface area (Å²) in [4.78, 5) is 12.0. The Morgan fingerprint density at radius 2 is 1.88 bits per heavy atom. The maximum absolute atomic E-state index is 5.49. The minimum atomic E-state index is 0.350. The largest absolute Gasteiger partial charge is 0.381 e. The first kappa shape index (κ1) is 15.6. The van der Waals surface area contributed by atoms with Crippen LogP contribution >= 0.6 is 0 Å². The van der Waals surface area contributed by atoms with Crippen LogP contribution in [0.4, 0.5) is 11.6 Å². The molecule has 1 saturated heterocycles. The van der Waals surface area contributed by atoms with Gasteiger partial charge >= 0.3 is 0 Å². The zero-order valence-corrected chi connectivity index (χ0v) is 14.1. The molecule has 24 heavy (non-hydrogen) atoms. The molecule has 2 heterocycles. The molecule has 4 rings (SSSR count). The number of morpholine rings is 1. The molecule has 0 radical (unpaired) electrons. The maximum Gasteiger partial charge on any atom is 0.172 e. The Labute approximate surface area is 142 Å². The Morgan fingerprint density at radius 1 is 1.12 bits per heavy atom. The Kier molecular flexibility index (Phi) is 4.49. The SMILES string of the molecule is COC1CCC(Nc2nc3ccccc3nc2N2CCOCC2)C1. The average Bonchev–Trinajstić information content (AvgIpc) is 3.09. The van der Waals surface area contributed by atoms with Crippen LogP contribution in [-0.4, -0.2) is 55.5 Å². The first-order valence-electron chi connectivity index (χ1n) is 8.72. The lowest BCUT2D eigenvalue weighted by atomic mass is 10.2. The van der Waals surface area contributed by atoms with E-state index in [9.17, 15) is 0 Å². The van der Waals surface area contributed by atoms with E-state index in [1.54, 1.807) is 7.11 Å². The van der Waals surface area contributed by atoms with Crippen molar-refractivity contribution in [1.29, 1.82) is 0 Å². The van der Waals surface area contributed by atoms with Gasteiger partial charge in [0.1, 0.15) is 0 Å². The average molecular weight is 328 g/mol. The number of methoxy groups -OCH3 is 1. The van der Waals surface area contributed by atoms with Crippen molar-refractivity contribution in [3.63, 3.8) is 0 Å². The van der Waals surface area contributed by atoms with Crippen molar-refractivity contribution < 1.29 is 9.47 Å². The molecule has 2 unspecified atom stereocenters. The molecule has 6 heteroatoms. The molecule has 1 N–H and O–H groups in total. The van der Waals surface area contributed by atoms with E-state index in [0.717, 1.165) is 68.2 Å². The van der Waals surface area contributed by atoms with Crippen molar-refractivity contribution in [3.8, 4) is 0 Å². The lowest BCUT2D eigenvalue weighted by Gasteiger charge is -2.30. The first-order valence-corrected chi connectivity index (χ1v) is 8.72. The van der Waals surface area contributed by atoms with Gasteiger partial charge in [0, 0.05) is 26.2 Å². The number of nitrogens with zero attached hydrogens (tertiary/aromatic N) is 3. The number of nitrogens with one attached hydrogen (secondary N) is 1. The van der Waals surface area contributed by atoms with E-state index in [0.29, 0.717) is 12.1 Å². The van der Waals surface area contributed by atoms with Gasteiger partial charge in [-0.3, -0.25) is 0 Å². The number of fused-ring (bicyclic) bond motifs is 1. The standard InChI is InChI=1S/C18H24N4O2/c1-23-14-7-6-13(12-14)19-17-18(22-8-10-24-11-9-22)21-16-5-3-2-4-15(16)20-17/h2-5,13-14H,6-12H2,1H3,(H,19,20). The van der Waals surface area contributed by atoms with Crippen LogP contribution in [0.5, 0.6) is 0 Å². The van der Waals surface area contributed by atoms with Crippen LogP contribution in [0.2, 0.25) is 0 Å². The summed E-state index contributed by atoms with van der Waals surface area (Å²) in [5.41, 5.74) is 1.86. The molecule has 128 valence electrons. The molecule has 0 bridgehead atoms. The molecule has 2 atom stereocenters. The van der Waals surface area contributed by atoms with Crippen molar-refractivity contribution in [2.45, 2.75) is 31.4 Å². The minimum Gasteiger partial charge on any atom is -0.381 e. The van der Waals surface area contributed by atoms with Gasteiger partial charge in [0.2, 0.25) is 0 Å². The third kappa shape index (κ3) is 3.16. The first-order chi connectivity index (χ1) is 11.8. The van der Waals surface area contributed by atoms with Gasteiger partial charge in [-0.15, -0.1) is 0 Å². The zero-order valence-electron chi connectivity index (χ0n) is 14.1. The lowest BCUT2D eigenvalue weighted by molar-refractivity contribution is 0.108. The highest BCUT2D eigenvalue weighted by atomic mass is 16.5. The summed E-state index contributed by atoms with van der Waals surface area (Å²) in [5, 5.41) is 3.63. The molecule has 0 amide bonds. The molecule has 1 aromatic heterocycles. The molecule has 1 aliphatic carbocycles. The normalized spacial score (nSPS) is 24.5. The highest BCUT2D eigenvalue weighted by Gasteiger charge is 2.27. The number of para-hydroxylation sites is 2. The summed E-state index contributed by atoms with van der Waals surface area (Å²) in [6.45, 7) is 3.19. The molecule has 0 spiro atoms. The number of benzene rings is 1. The summed E-state index contributed by atoms with van der Waals surface area (Å²) in [5.74, 6) is 1.83. The topological polar surface area (TPSA) is 59.5 Å². The molecule has 2 aromatic rings. The monoisotopic (exact) mass is 328 g/mol. The number of hydrogen-bond acceptors (Lipinski definition) is 6. The van der Waals surface area contributed by atoms with E-state index >= 15 is 0 Å². The van der Waals surface area contributed by atoms with Gasteiger partial charge in [0.25, 0.3) is 0 Å². The Balaban J connectivity index is 1.65. The van der Waals surface area contributed by atoms with Crippen LogP contribution in [0, 0.1) is 0 Å². The van der Waals surface area contributed by atoms with Crippen molar-refractivity contribution in [3.05, 3.63) is 24.3 Å². The molecule has 1 saturated carbocycles. The second-order valence-electron chi connectivity index (χ2n) is 6.50. The van der Waals surface area contributed by atoms with Gasteiger partial charge in [-0.25, -0.2) is 9.97 Å². The second-order valence-corrected chi connectivity index (χ2v) is 6.50. The fourth-order valence-electron chi connectivity index (χ4n) is 3.56. The summed E-state index contributed by atoms with van der Waals surface area (Å²) >= 11 is 0. The molecule has 1 aromatic carbocycles. The number of hydrogen-bond donors (Lipinski definition) is 1. The summed E-state index contributed by atoms with van der Waals surface area (Å²) < 4.78 is 11.0. The second kappa shape index (κ2) is 6.91. The van der Waals surface area contributed by atoms with Gasteiger partial charge in [-0.1, -0.05) is 12.1 Å². The smallest absolute Gasteiger partial charge is 0.172 e. The minimum absolute atomic E-state index is 0.350. The summed E-state index contributed by atoms with van der Waals surface area (Å²) in [7, 11) is 1.79. The lowest BCUT2D eigenvalue weighted by Crippen LogP contribution is -2.37. The Morgan fingerprint density at radius 3 is 2.58 bits per heavy atom. The maximum atomic E-state index is 5.49. The van der Waals surface area contributed by atoms with Crippen molar-refractivity contribution in [2.24, 2.45) is 0 Å². The third-order valence-corrected chi connectivity index (χ3v) is 4.92. The van der Waals surface area contributed by atoms with Crippen LogP contribution < -0.4 is 10.2 Å². The van der Waals surface area contributed by atoms with E-state index in [4.69, 9.17) is 19.4 Å². The highest BCUT2D eigenvalue weighted by Crippen LogP contribution is 2.30. The summed E-state index contributed by atoms with van der Waals surface area (Å²) in [6, 6.07) is 8.44. The van der Waals surface area contributed by atoms with Gasteiger partial charge in [-0.05, 0) is 31.4 Å². The van der Waals surface area contributed by atoms with E-state index in [2.05, 4.69) is 10.2 Å². The molecular weight excluding hydrogens is 304 g/mol. The van der Waals surface area contributed by atoms with Crippen LogP contribution in [0.1, 0.15) is 19.3 Å². The highest BCUT2D eigenvalue weighted by molar-refractivity contribution is 5.80. The number of rotatable bonds is 4. The molecule has 2 aliphatic rings. The van der Waals surface area contributed by atoms with Gasteiger partial charge < -0.3 is 19.7 Å². The van der Waals surface area contributed by atoms with Gasteiger partial charge in [0.05, 0.1) is 30.4 Å². The predicted octanol–water partition coefficient (Wildman–Crippen LogP) is 2.45. The van der Waals surface area contributed by atoms with Crippen molar-refractivity contribution in [2.75, 3.05) is 43.6 Å². The van der Waals surface area contributed by atoms with Crippen LogP contribution in [0.3, 0.4) is 0 Å². The van der Waals surface area contributed by atoms with E-state index in [-0.39, 0.29) is 0 Å². The Hall–Kier alpha value is -1.92.